The number of likely N-dealkylation sites (tertiary alicyclic amines) is 2. The molecule has 7 heteroatoms. The molecule has 0 spiro atoms. The highest BCUT2D eigenvalue weighted by Crippen LogP contribution is 2.26. The molecule has 0 bridgehead atoms. The summed E-state index contributed by atoms with van der Waals surface area (Å²) in [5, 5.41) is 0. The molecule has 0 saturated carbocycles. The van der Waals surface area contributed by atoms with Crippen LogP contribution in [0.15, 0.2) is 30.5 Å². The maximum absolute atomic E-state index is 12.8. The van der Waals surface area contributed by atoms with Gasteiger partial charge in [0.2, 0.25) is 5.91 Å². The van der Waals surface area contributed by atoms with E-state index in [1.54, 1.807) is 6.20 Å². The van der Waals surface area contributed by atoms with Crippen LogP contribution in [0.1, 0.15) is 66.0 Å². The van der Waals surface area contributed by atoms with Gasteiger partial charge >= 0.3 is 0 Å². The van der Waals surface area contributed by atoms with Crippen molar-refractivity contribution in [2.45, 2.75) is 51.9 Å². The lowest BCUT2D eigenvalue weighted by atomic mass is 10.1. The van der Waals surface area contributed by atoms with Crippen molar-refractivity contribution in [1.29, 1.82) is 0 Å². The second-order valence-corrected chi connectivity index (χ2v) is 8.72. The quantitative estimate of drug-likeness (QED) is 0.665. The summed E-state index contributed by atoms with van der Waals surface area (Å²) in [6.45, 7) is 7.60. The molecular formula is C25H32N4O3. The van der Waals surface area contributed by atoms with Crippen LogP contribution in [-0.2, 0) is 11.2 Å². The SMILES string of the molecule is CCCOc1ccc(CC(=O)N2CC[C@H](c3ncc(C(=O)N4CCCC4)c(C)n3)C2)cc1. The van der Waals surface area contributed by atoms with Crippen molar-refractivity contribution < 1.29 is 14.3 Å². The van der Waals surface area contributed by atoms with Crippen molar-refractivity contribution in [1.82, 2.24) is 19.8 Å². The monoisotopic (exact) mass is 436 g/mol. The highest BCUT2D eigenvalue weighted by Gasteiger charge is 2.30. The van der Waals surface area contributed by atoms with Crippen LogP contribution in [0.25, 0.3) is 0 Å². The van der Waals surface area contributed by atoms with E-state index in [0.717, 1.165) is 61.6 Å². The van der Waals surface area contributed by atoms with Gasteiger partial charge in [-0.2, -0.15) is 0 Å². The molecular weight excluding hydrogens is 404 g/mol. The number of carbonyl (C=O) groups is 2. The van der Waals surface area contributed by atoms with Crippen molar-refractivity contribution in [3.05, 3.63) is 53.1 Å². The third-order valence-electron chi connectivity index (χ3n) is 6.28. The minimum absolute atomic E-state index is 0.0286. The van der Waals surface area contributed by atoms with Gasteiger partial charge in [0.1, 0.15) is 11.6 Å². The van der Waals surface area contributed by atoms with Crippen molar-refractivity contribution in [2.24, 2.45) is 0 Å². The number of amides is 2. The second kappa shape index (κ2) is 10.1. The van der Waals surface area contributed by atoms with Gasteiger partial charge in [-0.3, -0.25) is 9.59 Å². The van der Waals surface area contributed by atoms with Gasteiger partial charge in [0.25, 0.3) is 5.91 Å². The first kappa shape index (κ1) is 22.2. The zero-order chi connectivity index (χ0) is 22.5. The smallest absolute Gasteiger partial charge is 0.257 e. The van der Waals surface area contributed by atoms with Crippen LogP contribution in [0.4, 0.5) is 0 Å². The van der Waals surface area contributed by atoms with Crippen LogP contribution >= 0.6 is 0 Å². The fraction of sp³-hybridized carbons (Fsp3) is 0.520. The lowest BCUT2D eigenvalue weighted by Crippen LogP contribution is -2.30. The molecule has 1 atom stereocenters. The fourth-order valence-corrected chi connectivity index (χ4v) is 4.39. The second-order valence-electron chi connectivity index (χ2n) is 8.72. The Hall–Kier alpha value is -2.96. The average molecular weight is 437 g/mol. The van der Waals surface area contributed by atoms with E-state index in [9.17, 15) is 9.59 Å². The molecule has 1 aromatic carbocycles. The molecule has 1 aromatic heterocycles. The molecule has 0 radical (unpaired) electrons. The number of ether oxygens (including phenoxy) is 1. The summed E-state index contributed by atoms with van der Waals surface area (Å²) in [6.07, 6.45) is 5.99. The zero-order valence-electron chi connectivity index (χ0n) is 19.0. The molecule has 2 amide bonds. The van der Waals surface area contributed by atoms with Crippen LogP contribution in [0.2, 0.25) is 0 Å². The van der Waals surface area contributed by atoms with Crippen molar-refractivity contribution in [3.8, 4) is 5.75 Å². The molecule has 0 aliphatic carbocycles. The summed E-state index contributed by atoms with van der Waals surface area (Å²) >= 11 is 0. The van der Waals surface area contributed by atoms with Crippen molar-refractivity contribution >= 4 is 11.8 Å². The molecule has 2 aromatic rings. The van der Waals surface area contributed by atoms with Gasteiger partial charge in [0, 0.05) is 38.3 Å². The lowest BCUT2D eigenvalue weighted by Gasteiger charge is -2.18. The molecule has 0 N–H and O–H groups in total. The van der Waals surface area contributed by atoms with Gasteiger partial charge in [-0.05, 0) is 50.3 Å². The summed E-state index contributed by atoms with van der Waals surface area (Å²) in [5.41, 5.74) is 2.30. The Morgan fingerprint density at radius 2 is 1.84 bits per heavy atom. The molecule has 32 heavy (non-hydrogen) atoms. The number of nitrogens with zero attached hydrogens (tertiary/aromatic N) is 4. The first-order valence-corrected chi connectivity index (χ1v) is 11.7. The van der Waals surface area contributed by atoms with Crippen molar-refractivity contribution in [2.75, 3.05) is 32.8 Å². The van der Waals surface area contributed by atoms with Gasteiger partial charge in [0.05, 0.1) is 24.3 Å². The van der Waals surface area contributed by atoms with E-state index in [0.29, 0.717) is 31.7 Å². The number of benzene rings is 1. The van der Waals surface area contributed by atoms with E-state index in [1.807, 2.05) is 41.0 Å². The Kier molecular flexibility index (Phi) is 7.02. The Labute approximate surface area is 189 Å². The first-order valence-electron chi connectivity index (χ1n) is 11.7. The number of rotatable bonds is 7. The third-order valence-corrected chi connectivity index (χ3v) is 6.28. The molecule has 170 valence electrons. The molecule has 0 unspecified atom stereocenters. The molecule has 4 rings (SSSR count). The standard InChI is InChI=1S/C25H32N4O3/c1-3-14-32-21-8-6-19(7-9-21)15-23(30)29-13-10-20(17-29)24-26-16-22(18(2)27-24)25(31)28-11-4-5-12-28/h6-9,16,20H,3-5,10-15,17H2,1-2H3/t20-/m0/s1. The van der Waals surface area contributed by atoms with Gasteiger partial charge in [-0.25, -0.2) is 9.97 Å². The topological polar surface area (TPSA) is 75.6 Å². The third kappa shape index (κ3) is 5.09. The van der Waals surface area contributed by atoms with Crippen LogP contribution in [0.5, 0.6) is 5.75 Å². The lowest BCUT2D eigenvalue weighted by molar-refractivity contribution is -0.129. The fourth-order valence-electron chi connectivity index (χ4n) is 4.39. The Balaban J connectivity index is 1.34. The zero-order valence-corrected chi connectivity index (χ0v) is 19.0. The van der Waals surface area contributed by atoms with Gasteiger partial charge in [-0.15, -0.1) is 0 Å². The summed E-state index contributed by atoms with van der Waals surface area (Å²) in [5.74, 6) is 1.82. The highest BCUT2D eigenvalue weighted by atomic mass is 16.5. The predicted molar refractivity (Wildman–Crippen MR) is 122 cm³/mol. The molecule has 3 heterocycles. The number of hydrogen-bond acceptors (Lipinski definition) is 5. The Bertz CT molecular complexity index is 954. The van der Waals surface area contributed by atoms with Crippen molar-refractivity contribution in [3.63, 3.8) is 0 Å². The van der Waals surface area contributed by atoms with E-state index in [4.69, 9.17) is 4.74 Å². The maximum Gasteiger partial charge on any atom is 0.257 e. The van der Waals surface area contributed by atoms with E-state index < -0.39 is 0 Å². The van der Waals surface area contributed by atoms with E-state index in [1.165, 1.54) is 0 Å². The summed E-state index contributed by atoms with van der Waals surface area (Å²) in [6, 6.07) is 7.76. The van der Waals surface area contributed by atoms with Crippen LogP contribution in [0.3, 0.4) is 0 Å². The molecule has 2 aliphatic heterocycles. The summed E-state index contributed by atoms with van der Waals surface area (Å²) < 4.78 is 5.61. The molecule has 2 aliphatic rings. The van der Waals surface area contributed by atoms with Crippen LogP contribution < -0.4 is 4.74 Å². The number of carbonyl (C=O) groups excluding carboxylic acids is 2. The molecule has 2 fully saturated rings. The number of aromatic nitrogens is 2. The highest BCUT2D eigenvalue weighted by molar-refractivity contribution is 5.95. The minimum atomic E-state index is 0.0286. The predicted octanol–water partition coefficient (Wildman–Crippen LogP) is 3.37. The maximum atomic E-state index is 12.8. The number of aryl methyl sites for hydroxylation is 1. The minimum Gasteiger partial charge on any atom is -0.494 e. The molecule has 2 saturated heterocycles. The number of hydrogen-bond donors (Lipinski definition) is 0. The van der Waals surface area contributed by atoms with E-state index in [2.05, 4.69) is 16.9 Å². The largest absolute Gasteiger partial charge is 0.494 e. The van der Waals surface area contributed by atoms with Crippen LogP contribution in [0, 0.1) is 6.92 Å². The summed E-state index contributed by atoms with van der Waals surface area (Å²) in [4.78, 5) is 38.4. The Morgan fingerprint density at radius 3 is 2.53 bits per heavy atom. The Morgan fingerprint density at radius 1 is 1.09 bits per heavy atom. The average Bonchev–Trinajstić information content (AvgIpc) is 3.51. The normalized spacial score (nSPS) is 18.2. The van der Waals surface area contributed by atoms with E-state index >= 15 is 0 Å². The van der Waals surface area contributed by atoms with Gasteiger partial charge < -0.3 is 14.5 Å². The van der Waals surface area contributed by atoms with Crippen LogP contribution in [-0.4, -0.2) is 64.4 Å². The molecule has 7 nitrogen and oxygen atoms in total. The summed E-state index contributed by atoms with van der Waals surface area (Å²) in [7, 11) is 0. The van der Waals surface area contributed by atoms with Gasteiger partial charge in [0.15, 0.2) is 0 Å². The van der Waals surface area contributed by atoms with Gasteiger partial charge in [-0.1, -0.05) is 19.1 Å². The van der Waals surface area contributed by atoms with E-state index in [-0.39, 0.29) is 17.7 Å². The first-order chi connectivity index (χ1) is 15.5.